The molecule has 0 amide bonds. The molecule has 0 spiro atoms. The molecule has 0 saturated carbocycles. The van der Waals surface area contributed by atoms with Gasteiger partial charge in [-0.1, -0.05) is 29.3 Å². The van der Waals surface area contributed by atoms with Crippen molar-refractivity contribution < 1.29 is 24.0 Å². The van der Waals surface area contributed by atoms with Crippen LogP contribution < -0.4 is 0 Å². The summed E-state index contributed by atoms with van der Waals surface area (Å²) < 4.78 is 12.4. The Labute approximate surface area is 155 Å². The summed E-state index contributed by atoms with van der Waals surface area (Å²) in [5, 5.41) is 0. The molecule has 0 atom stereocenters. The standard InChI is InChI=1S/C8H10N.C5H9.C4H10O2.2ClH.W/c1-6-4-3-5-7(2)8(6)9;1-5(2,3)4;1-5-3-4-6-2;;;/h3-5,9H,1-2H3;1-3H3;3-4H2,1-2H3;2*1H;/q-1;;;;;+2/p-2. The Balaban J connectivity index is 0. The molecule has 135 valence electrons. The second-order valence-corrected chi connectivity index (χ2v) is 14.4. The average Bonchev–Trinajstić information content (AvgIpc) is 2.41. The van der Waals surface area contributed by atoms with E-state index in [4.69, 9.17) is 24.6 Å². The van der Waals surface area contributed by atoms with Crippen LogP contribution in [0.3, 0.4) is 0 Å². The van der Waals surface area contributed by atoms with Gasteiger partial charge in [-0.25, -0.2) is 0 Å². The topological polar surface area (TPSA) is 42.3 Å². The van der Waals surface area contributed by atoms with Crippen molar-refractivity contribution in [2.45, 2.75) is 34.6 Å². The molecule has 1 N–H and O–H groups in total. The molecule has 3 nitrogen and oxygen atoms in total. The summed E-state index contributed by atoms with van der Waals surface area (Å²) >= 11 is -2.06. The van der Waals surface area contributed by atoms with Crippen molar-refractivity contribution in [3.63, 3.8) is 0 Å². The molecule has 0 bridgehead atoms. The molecule has 1 aromatic rings. The van der Waals surface area contributed by atoms with Crippen LogP contribution in [0.4, 0.5) is 5.69 Å². The monoisotopic (exact) mass is 533 g/mol. The molecule has 0 radical (unpaired) electrons. The fourth-order valence-electron chi connectivity index (χ4n) is 1.21. The first-order valence-corrected chi connectivity index (χ1v) is 15.9. The van der Waals surface area contributed by atoms with Crippen LogP contribution in [0, 0.1) is 23.5 Å². The van der Waals surface area contributed by atoms with Crippen molar-refractivity contribution in [3.8, 4) is 4.20 Å². The van der Waals surface area contributed by atoms with Crippen LogP contribution in [-0.2, 0) is 24.0 Å². The molecule has 0 heterocycles. The molecular formula is C17H29Cl2NO2W-. The van der Waals surface area contributed by atoms with E-state index in [2.05, 4.69) is 34.4 Å². The van der Waals surface area contributed by atoms with Gasteiger partial charge in [-0.15, -0.1) is 5.69 Å². The minimum Gasteiger partial charge on any atom is -0.698 e. The van der Waals surface area contributed by atoms with Gasteiger partial charge in [0.15, 0.2) is 0 Å². The first kappa shape index (κ1) is 25.2. The van der Waals surface area contributed by atoms with Gasteiger partial charge in [-0.05, 0) is 13.8 Å². The normalized spacial score (nSPS) is 9.78. The van der Waals surface area contributed by atoms with E-state index in [1.165, 1.54) is 0 Å². The predicted molar refractivity (Wildman–Crippen MR) is 98.7 cm³/mol. The number of ether oxygens (including phenoxy) is 2. The summed E-state index contributed by atoms with van der Waals surface area (Å²) in [5.41, 5.74) is 10.3. The SMILES string of the molecule is CC(C)(C)[C]#[W]([Cl])[Cl].COCCOC.Cc1cccc(C)c1[NH-]. The van der Waals surface area contributed by atoms with Gasteiger partial charge in [0.05, 0.1) is 13.2 Å². The zero-order valence-corrected chi connectivity index (χ0v) is 19.6. The zero-order valence-electron chi connectivity index (χ0n) is 15.1. The molecule has 0 fully saturated rings. The molecule has 23 heavy (non-hydrogen) atoms. The van der Waals surface area contributed by atoms with Gasteiger partial charge < -0.3 is 15.2 Å². The Kier molecular flexibility index (Phi) is 15.7. The maximum atomic E-state index is 7.44. The van der Waals surface area contributed by atoms with E-state index in [0.717, 1.165) is 11.1 Å². The third-order valence-electron chi connectivity index (χ3n) is 2.36. The average molecular weight is 534 g/mol. The summed E-state index contributed by atoms with van der Waals surface area (Å²) in [4.78, 5) is 0. The Morgan fingerprint density at radius 1 is 1.04 bits per heavy atom. The first-order valence-electron chi connectivity index (χ1n) is 7.15. The van der Waals surface area contributed by atoms with Crippen LogP contribution in [0.2, 0.25) is 0 Å². The second kappa shape index (κ2) is 14.3. The van der Waals surface area contributed by atoms with Gasteiger partial charge in [0.1, 0.15) is 0 Å². The van der Waals surface area contributed by atoms with Crippen LogP contribution in [-0.4, -0.2) is 27.4 Å². The predicted octanol–water partition coefficient (Wildman–Crippen LogP) is 6.18. The number of methoxy groups -OCH3 is 2. The van der Waals surface area contributed by atoms with E-state index in [9.17, 15) is 0 Å². The van der Waals surface area contributed by atoms with E-state index in [1.807, 2.05) is 32.0 Å². The summed E-state index contributed by atoms with van der Waals surface area (Å²) in [7, 11) is 14.5. The van der Waals surface area contributed by atoms with Crippen LogP contribution in [0.25, 0.3) is 5.73 Å². The maximum Gasteiger partial charge on any atom is 0.0696 e. The van der Waals surface area contributed by atoms with Gasteiger partial charge in [0.25, 0.3) is 0 Å². The number of benzene rings is 1. The van der Waals surface area contributed by atoms with Crippen molar-refractivity contribution in [1.29, 1.82) is 0 Å². The number of halogens is 2. The number of aryl methyl sites for hydroxylation is 2. The number of hydrogen-bond acceptors (Lipinski definition) is 2. The van der Waals surface area contributed by atoms with Crippen LogP contribution in [0.1, 0.15) is 31.9 Å². The molecule has 1 aromatic carbocycles. The second-order valence-electron chi connectivity index (χ2n) is 5.82. The Morgan fingerprint density at radius 3 is 1.61 bits per heavy atom. The summed E-state index contributed by atoms with van der Waals surface area (Å²) in [6.07, 6.45) is 0. The largest absolute Gasteiger partial charge is 0.698 e. The Bertz CT molecular complexity index is 487. The smallest absolute Gasteiger partial charge is 0.0696 e. The number of nitrogens with one attached hydrogen (secondary N) is 1. The van der Waals surface area contributed by atoms with Crippen molar-refractivity contribution in [3.05, 3.63) is 35.1 Å². The van der Waals surface area contributed by atoms with E-state index < -0.39 is 14.6 Å². The van der Waals surface area contributed by atoms with Crippen LogP contribution in [0.5, 0.6) is 0 Å². The minimum absolute atomic E-state index is 0.0945. The molecule has 6 heteroatoms. The van der Waals surface area contributed by atoms with Gasteiger partial charge in [-0.3, -0.25) is 0 Å². The van der Waals surface area contributed by atoms with Crippen molar-refractivity contribution in [1.82, 2.24) is 0 Å². The minimum atomic E-state index is -2.06. The quantitative estimate of drug-likeness (QED) is 0.435. The van der Waals surface area contributed by atoms with Gasteiger partial charge in [0, 0.05) is 14.2 Å². The molecule has 0 unspecified atom stereocenters. The fourth-order valence-corrected chi connectivity index (χ4v) is 6.66. The summed E-state index contributed by atoms with van der Waals surface area (Å²) in [6.45, 7) is 11.4. The first-order chi connectivity index (χ1) is 10.5. The van der Waals surface area contributed by atoms with Crippen molar-refractivity contribution in [2.75, 3.05) is 27.4 Å². The van der Waals surface area contributed by atoms with Crippen molar-refractivity contribution in [2.24, 2.45) is 5.41 Å². The molecule has 0 aliphatic rings. The molecule has 0 aliphatic heterocycles. The molecular weight excluding hydrogens is 505 g/mol. The fraction of sp³-hybridized carbons (Fsp3) is 0.588. The summed E-state index contributed by atoms with van der Waals surface area (Å²) in [5.74, 6) is 0. The van der Waals surface area contributed by atoms with E-state index >= 15 is 0 Å². The van der Waals surface area contributed by atoms with Gasteiger partial charge >= 0.3 is 63.8 Å². The van der Waals surface area contributed by atoms with Gasteiger partial charge in [0.2, 0.25) is 0 Å². The summed E-state index contributed by atoms with van der Waals surface area (Å²) in [6, 6.07) is 5.88. The van der Waals surface area contributed by atoms with Crippen LogP contribution >= 0.6 is 18.8 Å². The number of rotatable bonds is 3. The zero-order chi connectivity index (χ0) is 18.5. The van der Waals surface area contributed by atoms with Gasteiger partial charge in [-0.2, -0.15) is 0 Å². The van der Waals surface area contributed by atoms with E-state index in [0.29, 0.717) is 18.9 Å². The maximum absolute atomic E-state index is 7.44. The van der Waals surface area contributed by atoms with Crippen molar-refractivity contribution >= 4 is 24.5 Å². The molecule has 0 aliphatic carbocycles. The molecule has 0 saturated heterocycles. The molecule has 0 aromatic heterocycles. The van der Waals surface area contributed by atoms with E-state index in [-0.39, 0.29) is 5.41 Å². The Morgan fingerprint density at radius 2 is 1.43 bits per heavy atom. The van der Waals surface area contributed by atoms with Crippen LogP contribution in [0.15, 0.2) is 18.2 Å². The third-order valence-corrected chi connectivity index (χ3v) is 6.37. The van der Waals surface area contributed by atoms with E-state index in [1.54, 1.807) is 14.2 Å². The molecule has 1 rings (SSSR count). The third kappa shape index (κ3) is 18.2. The Hall–Kier alpha value is -0.0117. The number of hydrogen-bond donors (Lipinski definition) is 0.